The average Bonchev–Trinajstić information content (AvgIpc) is 3.25. The normalized spacial score (nSPS) is 10.5. The van der Waals surface area contributed by atoms with Crippen LogP contribution in [0.15, 0.2) is 66.3 Å². The topological polar surface area (TPSA) is 91.8 Å². The summed E-state index contributed by atoms with van der Waals surface area (Å²) in [6.45, 7) is 0. The van der Waals surface area contributed by atoms with E-state index in [-0.39, 0.29) is 17.7 Å². The van der Waals surface area contributed by atoms with Gasteiger partial charge < -0.3 is 10.6 Å². The molecule has 7 nitrogen and oxygen atoms in total. The van der Waals surface area contributed by atoms with Crippen LogP contribution in [0.3, 0.4) is 0 Å². The first-order chi connectivity index (χ1) is 14.6. The van der Waals surface area contributed by atoms with Gasteiger partial charge in [0.25, 0.3) is 5.91 Å². The van der Waals surface area contributed by atoms with Gasteiger partial charge in [0, 0.05) is 28.5 Å². The van der Waals surface area contributed by atoms with Crippen molar-refractivity contribution in [3.63, 3.8) is 0 Å². The molecular weight excluding hydrogens is 410 g/mol. The van der Waals surface area contributed by atoms with Gasteiger partial charge in [0.05, 0.1) is 6.20 Å². The predicted octanol–water partition coefficient (Wildman–Crippen LogP) is 4.95. The summed E-state index contributed by atoms with van der Waals surface area (Å²) >= 11 is 1.32. The molecule has 0 aliphatic carbocycles. The van der Waals surface area contributed by atoms with Gasteiger partial charge >= 0.3 is 0 Å². The van der Waals surface area contributed by atoms with Crippen LogP contribution in [0.5, 0.6) is 0 Å². The molecule has 4 aromatic rings. The fourth-order valence-corrected chi connectivity index (χ4v) is 3.03. The van der Waals surface area contributed by atoms with Crippen molar-refractivity contribution >= 4 is 45.5 Å². The van der Waals surface area contributed by atoms with E-state index in [2.05, 4.69) is 30.9 Å². The van der Waals surface area contributed by atoms with Gasteiger partial charge in [-0.2, -0.15) is 4.98 Å². The van der Waals surface area contributed by atoms with Gasteiger partial charge in [-0.15, -0.1) is 11.3 Å². The van der Waals surface area contributed by atoms with Crippen LogP contribution in [0.25, 0.3) is 0 Å². The van der Waals surface area contributed by atoms with E-state index in [0.717, 1.165) is 6.20 Å². The molecule has 0 fully saturated rings. The Balaban J connectivity index is 1.50. The molecule has 30 heavy (non-hydrogen) atoms. The largest absolute Gasteiger partial charge is 0.338 e. The van der Waals surface area contributed by atoms with Crippen molar-refractivity contribution in [2.45, 2.75) is 0 Å². The van der Waals surface area contributed by atoms with Crippen molar-refractivity contribution in [1.82, 2.24) is 15.0 Å². The Labute approximate surface area is 173 Å². The molecule has 0 saturated heterocycles. The molecule has 2 aromatic heterocycles. The third-order valence-corrected chi connectivity index (χ3v) is 4.57. The van der Waals surface area contributed by atoms with Crippen LogP contribution < -0.4 is 16.0 Å². The van der Waals surface area contributed by atoms with Crippen molar-refractivity contribution < 1.29 is 13.6 Å². The number of hydrogen-bond donors (Lipinski definition) is 3. The summed E-state index contributed by atoms with van der Waals surface area (Å²) < 4.78 is 27.1. The number of amides is 1. The number of rotatable bonds is 6. The molecule has 0 unspecified atom stereocenters. The molecule has 1 amide bonds. The van der Waals surface area contributed by atoms with Crippen LogP contribution in [-0.2, 0) is 0 Å². The Morgan fingerprint density at radius 2 is 1.80 bits per heavy atom. The lowest BCUT2D eigenvalue weighted by molar-refractivity contribution is 0.102. The van der Waals surface area contributed by atoms with Gasteiger partial charge in [-0.05, 0) is 42.5 Å². The summed E-state index contributed by atoms with van der Waals surface area (Å²) in [7, 11) is 0. The molecule has 4 rings (SSSR count). The maximum absolute atomic E-state index is 14.1. The second kappa shape index (κ2) is 8.62. The van der Waals surface area contributed by atoms with Crippen LogP contribution in [-0.4, -0.2) is 20.9 Å². The zero-order chi connectivity index (χ0) is 20.9. The molecule has 0 radical (unpaired) electrons. The molecule has 3 N–H and O–H groups in total. The van der Waals surface area contributed by atoms with Gasteiger partial charge in [0.2, 0.25) is 5.95 Å². The molecule has 2 heterocycles. The first kappa shape index (κ1) is 19.4. The predicted molar refractivity (Wildman–Crippen MR) is 111 cm³/mol. The fraction of sp³-hybridized carbons (Fsp3) is 0. The Kier molecular flexibility index (Phi) is 5.57. The summed E-state index contributed by atoms with van der Waals surface area (Å²) in [5.74, 6) is -1.33. The summed E-state index contributed by atoms with van der Waals surface area (Å²) in [6, 6.07) is 12.1. The standard InChI is InChI=1S/C20H14F2N6OS/c21-13-4-6-14(7-5-13)25-17-16(22)11-24-19(27-17)26-15-3-1-2-12(10-15)18(29)28-20-23-8-9-30-20/h1-11H,(H,23,28,29)(H2,24,25,26,27). The van der Waals surface area contributed by atoms with Gasteiger partial charge in [0.1, 0.15) is 5.82 Å². The van der Waals surface area contributed by atoms with Crippen LogP contribution in [0.4, 0.5) is 37.1 Å². The second-order valence-electron chi connectivity index (χ2n) is 6.02. The number of hydrogen-bond acceptors (Lipinski definition) is 7. The van der Waals surface area contributed by atoms with E-state index in [0.29, 0.717) is 22.1 Å². The highest BCUT2D eigenvalue weighted by atomic mass is 32.1. The van der Waals surface area contributed by atoms with Gasteiger partial charge in [0.15, 0.2) is 16.8 Å². The van der Waals surface area contributed by atoms with Gasteiger partial charge in [-0.3, -0.25) is 10.1 Å². The first-order valence-electron chi connectivity index (χ1n) is 8.70. The number of carbonyl (C=O) groups excluding carboxylic acids is 1. The van der Waals surface area contributed by atoms with E-state index in [1.807, 2.05) is 0 Å². The third kappa shape index (κ3) is 4.73. The van der Waals surface area contributed by atoms with Crippen LogP contribution >= 0.6 is 11.3 Å². The Hall–Kier alpha value is -3.92. The smallest absolute Gasteiger partial charge is 0.257 e. The lowest BCUT2D eigenvalue weighted by Crippen LogP contribution is -2.12. The lowest BCUT2D eigenvalue weighted by Gasteiger charge is -2.10. The van der Waals surface area contributed by atoms with Crippen LogP contribution in [0.1, 0.15) is 10.4 Å². The maximum atomic E-state index is 14.1. The van der Waals surface area contributed by atoms with E-state index in [4.69, 9.17) is 0 Å². The minimum absolute atomic E-state index is 0.0724. The fourth-order valence-electron chi connectivity index (χ4n) is 2.51. The SMILES string of the molecule is O=C(Nc1nccs1)c1cccc(Nc2ncc(F)c(Nc3ccc(F)cc3)n2)c1. The highest BCUT2D eigenvalue weighted by Crippen LogP contribution is 2.21. The lowest BCUT2D eigenvalue weighted by atomic mass is 10.2. The monoisotopic (exact) mass is 424 g/mol. The molecule has 10 heteroatoms. The van der Waals surface area contributed by atoms with E-state index >= 15 is 0 Å². The molecule has 0 saturated carbocycles. The van der Waals surface area contributed by atoms with E-state index < -0.39 is 11.6 Å². The number of aromatic nitrogens is 3. The average molecular weight is 424 g/mol. The molecule has 0 aliphatic heterocycles. The number of nitrogens with one attached hydrogen (secondary N) is 3. The molecule has 0 aliphatic rings. The number of halogens is 2. The summed E-state index contributed by atoms with van der Waals surface area (Å²) in [4.78, 5) is 24.4. The molecule has 150 valence electrons. The van der Waals surface area contributed by atoms with Crippen molar-refractivity contribution in [2.24, 2.45) is 0 Å². The Morgan fingerprint density at radius 3 is 2.57 bits per heavy atom. The van der Waals surface area contributed by atoms with Crippen LogP contribution in [0, 0.1) is 11.6 Å². The second-order valence-corrected chi connectivity index (χ2v) is 6.91. The molecule has 0 bridgehead atoms. The number of anilines is 5. The van der Waals surface area contributed by atoms with Crippen molar-refractivity contribution in [3.8, 4) is 0 Å². The molecule has 0 atom stereocenters. The third-order valence-electron chi connectivity index (χ3n) is 3.88. The highest BCUT2D eigenvalue weighted by Gasteiger charge is 2.11. The quantitative estimate of drug-likeness (QED) is 0.406. The van der Waals surface area contributed by atoms with Crippen LogP contribution in [0.2, 0.25) is 0 Å². The zero-order valence-electron chi connectivity index (χ0n) is 15.3. The van der Waals surface area contributed by atoms with Gasteiger partial charge in [-0.25, -0.2) is 18.7 Å². The zero-order valence-corrected chi connectivity index (χ0v) is 16.1. The number of nitrogens with zero attached hydrogens (tertiary/aromatic N) is 3. The Bertz CT molecular complexity index is 1170. The minimum Gasteiger partial charge on any atom is -0.338 e. The first-order valence-corrected chi connectivity index (χ1v) is 9.58. The molecule has 0 spiro atoms. The summed E-state index contributed by atoms with van der Waals surface area (Å²) in [5, 5.41) is 10.7. The maximum Gasteiger partial charge on any atom is 0.257 e. The minimum atomic E-state index is -0.665. The summed E-state index contributed by atoms with van der Waals surface area (Å²) in [5.41, 5.74) is 1.42. The van der Waals surface area contributed by atoms with Crippen molar-refractivity contribution in [2.75, 3.05) is 16.0 Å². The molecule has 2 aromatic carbocycles. The van der Waals surface area contributed by atoms with Gasteiger partial charge in [-0.1, -0.05) is 6.07 Å². The summed E-state index contributed by atoms with van der Waals surface area (Å²) in [6.07, 6.45) is 2.61. The highest BCUT2D eigenvalue weighted by molar-refractivity contribution is 7.13. The van der Waals surface area contributed by atoms with Crippen molar-refractivity contribution in [1.29, 1.82) is 0 Å². The number of benzene rings is 2. The Morgan fingerprint density at radius 1 is 0.967 bits per heavy atom. The van der Waals surface area contributed by atoms with Crippen molar-refractivity contribution in [3.05, 3.63) is 83.5 Å². The van der Waals surface area contributed by atoms with E-state index in [9.17, 15) is 13.6 Å². The molecular formula is C20H14F2N6OS. The number of carbonyl (C=O) groups is 1. The number of thiazole rings is 1. The van der Waals surface area contributed by atoms with E-state index in [1.165, 1.54) is 35.6 Å². The van der Waals surface area contributed by atoms with E-state index in [1.54, 1.807) is 35.8 Å².